The molecular formula is C58H41N4OPt-3. The van der Waals surface area contributed by atoms with Crippen LogP contribution < -0.4 is 9.64 Å². The van der Waals surface area contributed by atoms with Crippen LogP contribution in [0, 0.1) is 18.8 Å². The van der Waals surface area contributed by atoms with Crippen LogP contribution in [0.4, 0.5) is 11.4 Å². The molecular weight excluding hydrogens is 964 g/mol. The number of pyridine rings is 1. The number of benzene rings is 8. The standard InChI is InChI=1S/C58H41N4O.Pt/c1-58(2,3)39-32-33-59-55(34-39)62-52-28-12-10-23-47(52)48-31-30-42(36-54(48)62)63-41-19-13-18-40(35-41)60-37-61-51-27-11-9-22-46(51)44-20-7-8-21-45(44)49-25-14-24-43(38-16-5-4-6-17-38)56(49)50-26-15-29-53(60)57(50)61;/h4-34,37H,1-3H3;/q-3;/i4D,5D,6D,16D,17D;. The van der Waals surface area contributed by atoms with Crippen LogP contribution in [-0.2, 0) is 26.5 Å². The monoisotopic (exact) mass is 1010 g/mol. The summed E-state index contributed by atoms with van der Waals surface area (Å²) < 4.78 is 55.0. The minimum absolute atomic E-state index is 0. The predicted molar refractivity (Wildman–Crippen MR) is 261 cm³/mol. The van der Waals surface area contributed by atoms with E-state index in [2.05, 4.69) is 132 Å². The first-order chi connectivity index (χ1) is 33.0. The molecule has 0 bridgehead atoms. The molecule has 0 amide bonds. The number of anilines is 2. The smallest absolute Gasteiger partial charge is 0.135 e. The topological polar surface area (TPSA) is 35.2 Å². The molecule has 11 aromatic rings. The fourth-order valence-corrected chi connectivity index (χ4v) is 9.25. The van der Waals surface area contributed by atoms with Crippen molar-refractivity contribution in [3.8, 4) is 28.4 Å². The Morgan fingerprint density at radius 3 is 2.06 bits per heavy atom. The van der Waals surface area contributed by atoms with Crippen LogP contribution in [-0.4, -0.2) is 14.1 Å². The second kappa shape index (κ2) is 15.5. The van der Waals surface area contributed by atoms with E-state index in [0.29, 0.717) is 17.1 Å². The molecule has 4 heterocycles. The number of nitrogens with zero attached hydrogens (tertiary/aromatic N) is 4. The van der Waals surface area contributed by atoms with Gasteiger partial charge in [-0.15, -0.1) is 35.7 Å². The average Bonchev–Trinajstić information content (AvgIpc) is 3.92. The zero-order valence-corrected chi connectivity index (χ0v) is 37.4. The number of hydrogen-bond donors (Lipinski definition) is 0. The van der Waals surface area contributed by atoms with Crippen molar-refractivity contribution in [1.82, 2.24) is 14.1 Å². The third-order valence-electron chi connectivity index (χ3n) is 12.2. The Hall–Kier alpha value is -7.33. The molecule has 1 aliphatic rings. The molecule has 0 saturated heterocycles. The Labute approximate surface area is 393 Å². The zero-order valence-electron chi connectivity index (χ0n) is 40.1. The van der Waals surface area contributed by atoms with E-state index in [1.165, 1.54) is 5.56 Å². The summed E-state index contributed by atoms with van der Waals surface area (Å²) >= 11 is 0. The van der Waals surface area contributed by atoms with Crippen LogP contribution in [0.5, 0.6) is 11.5 Å². The first kappa shape index (κ1) is 34.2. The van der Waals surface area contributed by atoms with Gasteiger partial charge in [0.1, 0.15) is 5.82 Å². The molecule has 0 N–H and O–H groups in total. The van der Waals surface area contributed by atoms with Crippen LogP contribution >= 0.6 is 0 Å². The Morgan fingerprint density at radius 2 is 1.27 bits per heavy atom. The van der Waals surface area contributed by atoms with Crippen LogP contribution in [0.3, 0.4) is 0 Å². The molecule has 3 aromatic heterocycles. The summed E-state index contributed by atoms with van der Waals surface area (Å²) in [7, 11) is 0. The maximum Gasteiger partial charge on any atom is 0.135 e. The molecule has 1 aliphatic heterocycles. The summed E-state index contributed by atoms with van der Waals surface area (Å²) in [4.78, 5) is 6.94. The quantitative estimate of drug-likeness (QED) is 0.161. The molecule has 0 atom stereocenters. The minimum Gasteiger partial charge on any atom is -0.509 e. The molecule has 0 radical (unpaired) electrons. The van der Waals surface area contributed by atoms with Crippen molar-refractivity contribution in [2.24, 2.45) is 0 Å². The van der Waals surface area contributed by atoms with Gasteiger partial charge in [0.25, 0.3) is 0 Å². The van der Waals surface area contributed by atoms with Crippen LogP contribution in [0.2, 0.25) is 0 Å². The van der Waals surface area contributed by atoms with E-state index in [1.807, 2.05) is 79.0 Å². The second-order valence-corrected chi connectivity index (χ2v) is 16.9. The average molecular weight is 1010 g/mol. The fraction of sp³-hybridized carbons (Fsp3) is 0.0690. The van der Waals surface area contributed by atoms with E-state index < -0.39 is 6.04 Å². The second-order valence-electron chi connectivity index (χ2n) is 16.9. The SMILES string of the molecule is [2H]c1c([2H])c([2H])c(-c2cccc3c4ccccc4c4ccccc4n4c5c(cccc5c23)N(c2[c-]c(Oc3[c-]c5c(cc3)c3ccccc3n5-c3cc(C(C)(C)C)ccn3)ccc2)[CH-]4)c([2H])c1[2H].[Pt]. The molecule has 5 nitrogen and oxygen atoms in total. The van der Waals surface area contributed by atoms with Gasteiger partial charge in [0.05, 0.1) is 6.85 Å². The van der Waals surface area contributed by atoms with Gasteiger partial charge < -0.3 is 18.8 Å². The van der Waals surface area contributed by atoms with Crippen LogP contribution in [0.15, 0.2) is 188 Å². The van der Waals surface area contributed by atoms with Gasteiger partial charge in [-0.05, 0) is 96.3 Å². The number of aromatic nitrogens is 3. The van der Waals surface area contributed by atoms with E-state index in [9.17, 15) is 0 Å². The number of rotatable bonds is 5. The van der Waals surface area contributed by atoms with E-state index in [0.717, 1.165) is 82.3 Å². The van der Waals surface area contributed by atoms with Crippen molar-refractivity contribution in [2.75, 3.05) is 4.90 Å². The molecule has 12 rings (SSSR count). The van der Waals surface area contributed by atoms with Crippen molar-refractivity contribution in [3.05, 3.63) is 212 Å². The summed E-state index contributed by atoms with van der Waals surface area (Å²) in [5, 5.41) is 7.57. The number of hydrogen-bond acceptors (Lipinski definition) is 3. The minimum atomic E-state index is -0.430. The third-order valence-corrected chi connectivity index (χ3v) is 12.2. The first-order valence-electron chi connectivity index (χ1n) is 23.5. The van der Waals surface area contributed by atoms with Gasteiger partial charge in [-0.2, -0.15) is 12.1 Å². The normalized spacial score (nSPS) is 13.4. The van der Waals surface area contributed by atoms with Crippen molar-refractivity contribution in [2.45, 2.75) is 26.2 Å². The van der Waals surface area contributed by atoms with Gasteiger partial charge >= 0.3 is 0 Å². The van der Waals surface area contributed by atoms with E-state index >= 15 is 0 Å². The molecule has 0 unspecified atom stereocenters. The van der Waals surface area contributed by atoms with Gasteiger partial charge in [0.15, 0.2) is 0 Å². The van der Waals surface area contributed by atoms with Crippen molar-refractivity contribution >= 4 is 76.5 Å². The van der Waals surface area contributed by atoms with Gasteiger partial charge in [-0.25, -0.2) is 4.98 Å². The van der Waals surface area contributed by atoms with E-state index in [4.69, 9.17) is 16.6 Å². The molecule has 6 heteroatoms. The van der Waals surface area contributed by atoms with E-state index in [-0.39, 0.29) is 56.2 Å². The molecule has 312 valence electrons. The summed E-state index contributed by atoms with van der Waals surface area (Å²) in [5.74, 6) is 1.84. The zero-order chi connectivity index (χ0) is 46.6. The van der Waals surface area contributed by atoms with Gasteiger partial charge in [-0.1, -0.05) is 165 Å². The Kier molecular flexibility index (Phi) is 8.27. The first-order valence-corrected chi connectivity index (χ1v) is 21.0. The number of ether oxygens (including phenoxy) is 1. The van der Waals surface area contributed by atoms with Gasteiger partial charge in [-0.3, -0.25) is 0 Å². The molecule has 64 heavy (non-hydrogen) atoms. The molecule has 8 aromatic carbocycles. The van der Waals surface area contributed by atoms with Crippen molar-refractivity contribution < 1.29 is 32.7 Å². The Bertz CT molecular complexity index is 3980. The largest absolute Gasteiger partial charge is 0.509 e. The van der Waals surface area contributed by atoms with E-state index in [1.54, 1.807) is 0 Å². The Morgan fingerprint density at radius 1 is 0.609 bits per heavy atom. The fourth-order valence-electron chi connectivity index (χ4n) is 9.25. The predicted octanol–water partition coefficient (Wildman–Crippen LogP) is 15.2. The van der Waals surface area contributed by atoms with Crippen LogP contribution in [0.25, 0.3) is 82.1 Å². The number of para-hydroxylation sites is 3. The van der Waals surface area contributed by atoms with Crippen LogP contribution in [0.1, 0.15) is 33.2 Å². The molecule has 0 saturated carbocycles. The van der Waals surface area contributed by atoms with Gasteiger partial charge in [0.2, 0.25) is 0 Å². The molecule has 0 aliphatic carbocycles. The number of fused-ring (bicyclic) bond motifs is 10. The van der Waals surface area contributed by atoms with Crippen molar-refractivity contribution in [1.29, 1.82) is 0 Å². The van der Waals surface area contributed by atoms with Gasteiger partial charge in [0, 0.05) is 50.0 Å². The third kappa shape index (κ3) is 6.42. The summed E-state index contributed by atoms with van der Waals surface area (Å²) in [6.45, 7) is 8.68. The summed E-state index contributed by atoms with van der Waals surface area (Å²) in [5.41, 5.74) is 7.10. The molecule has 0 fully saturated rings. The maximum atomic E-state index is 9.13. The summed E-state index contributed by atoms with van der Waals surface area (Å²) in [6, 6.07) is 56.4. The summed E-state index contributed by atoms with van der Waals surface area (Å²) in [6.07, 6.45) is 1.87. The van der Waals surface area contributed by atoms with Crippen molar-refractivity contribution in [3.63, 3.8) is 0 Å². The Balaban J connectivity index is 0.00000520. The molecule has 0 spiro atoms. The maximum absolute atomic E-state index is 9.13.